The SMILES string of the molecule is CC(=O)NCc1ccc(CCC(=O)c2ccc(C(=O)CN=C(C)c3csc(-c4ccc(C(C)(C)C)cc4)c3O)s2)cc1. The Labute approximate surface area is 255 Å². The van der Waals surface area contributed by atoms with Gasteiger partial charge in [-0.05, 0) is 53.1 Å². The average molecular weight is 601 g/mol. The maximum absolute atomic E-state index is 12.9. The first-order chi connectivity index (χ1) is 19.9. The summed E-state index contributed by atoms with van der Waals surface area (Å²) in [5.41, 5.74) is 5.46. The van der Waals surface area contributed by atoms with Gasteiger partial charge in [-0.2, -0.15) is 0 Å². The molecular formula is C34H36N2O4S2. The summed E-state index contributed by atoms with van der Waals surface area (Å²) in [6, 6.07) is 19.4. The highest BCUT2D eigenvalue weighted by Crippen LogP contribution is 2.39. The first-order valence-corrected chi connectivity index (χ1v) is 15.5. The highest BCUT2D eigenvalue weighted by molar-refractivity contribution is 7.16. The van der Waals surface area contributed by atoms with Gasteiger partial charge in [0.1, 0.15) is 12.3 Å². The smallest absolute Gasteiger partial charge is 0.217 e. The third-order valence-corrected chi connectivity index (χ3v) is 9.17. The van der Waals surface area contributed by atoms with Gasteiger partial charge in [0.25, 0.3) is 0 Å². The zero-order valence-electron chi connectivity index (χ0n) is 24.6. The van der Waals surface area contributed by atoms with Crippen LogP contribution in [-0.4, -0.2) is 34.8 Å². The summed E-state index contributed by atoms with van der Waals surface area (Å²) in [6.07, 6.45) is 0.936. The zero-order valence-corrected chi connectivity index (χ0v) is 26.2. The molecule has 4 rings (SSSR count). The van der Waals surface area contributed by atoms with E-state index in [1.165, 1.54) is 35.2 Å². The number of nitrogens with one attached hydrogen (secondary N) is 1. The van der Waals surface area contributed by atoms with E-state index in [9.17, 15) is 19.5 Å². The van der Waals surface area contributed by atoms with E-state index in [1.807, 2.05) is 41.8 Å². The van der Waals surface area contributed by atoms with Gasteiger partial charge in [-0.1, -0.05) is 69.3 Å². The van der Waals surface area contributed by atoms with Crippen LogP contribution < -0.4 is 5.32 Å². The molecule has 8 heteroatoms. The van der Waals surface area contributed by atoms with Crippen molar-refractivity contribution in [1.82, 2.24) is 5.32 Å². The van der Waals surface area contributed by atoms with Crippen LogP contribution in [-0.2, 0) is 23.2 Å². The second-order valence-electron chi connectivity index (χ2n) is 11.3. The molecule has 0 saturated carbocycles. The van der Waals surface area contributed by atoms with Crippen molar-refractivity contribution in [2.75, 3.05) is 6.54 Å². The van der Waals surface area contributed by atoms with Crippen molar-refractivity contribution in [3.63, 3.8) is 0 Å². The van der Waals surface area contributed by atoms with Crippen molar-refractivity contribution in [3.05, 3.63) is 98.1 Å². The highest BCUT2D eigenvalue weighted by atomic mass is 32.1. The Balaban J connectivity index is 1.33. The van der Waals surface area contributed by atoms with Crippen molar-refractivity contribution >= 4 is 45.9 Å². The number of ketones is 2. The molecule has 6 nitrogen and oxygen atoms in total. The molecule has 0 saturated heterocycles. The zero-order chi connectivity index (χ0) is 30.4. The summed E-state index contributed by atoms with van der Waals surface area (Å²) in [6.45, 7) is 10.2. The third kappa shape index (κ3) is 7.89. The lowest BCUT2D eigenvalue weighted by Crippen LogP contribution is -2.18. The molecular weight excluding hydrogens is 565 g/mol. The van der Waals surface area contributed by atoms with Crippen LogP contribution in [0.2, 0.25) is 0 Å². The van der Waals surface area contributed by atoms with Crippen LogP contribution in [0.3, 0.4) is 0 Å². The average Bonchev–Trinajstić information content (AvgIpc) is 3.61. The summed E-state index contributed by atoms with van der Waals surface area (Å²) in [5, 5.41) is 15.5. The molecule has 0 bridgehead atoms. The molecule has 218 valence electrons. The third-order valence-electron chi connectivity index (χ3n) is 6.99. The molecule has 0 radical (unpaired) electrons. The predicted molar refractivity (Wildman–Crippen MR) is 172 cm³/mol. The van der Waals surface area contributed by atoms with Crippen LogP contribution in [0.4, 0.5) is 0 Å². The second-order valence-corrected chi connectivity index (χ2v) is 13.3. The van der Waals surface area contributed by atoms with Gasteiger partial charge in [0.15, 0.2) is 11.6 Å². The molecule has 1 amide bonds. The quantitative estimate of drug-likeness (QED) is 0.137. The number of thiophene rings is 2. The fraction of sp³-hybridized carbons (Fsp3) is 0.294. The summed E-state index contributed by atoms with van der Waals surface area (Å²) < 4.78 is 0. The number of aliphatic imine (C=N–C) groups is 1. The number of Topliss-reactive ketones (excluding diaryl/α,β-unsaturated/α-hetero) is 2. The molecule has 2 aromatic heterocycles. The molecule has 4 aromatic rings. The summed E-state index contributed by atoms with van der Waals surface area (Å²) in [4.78, 5) is 43.0. The van der Waals surface area contributed by atoms with Gasteiger partial charge in [0.2, 0.25) is 5.91 Å². The van der Waals surface area contributed by atoms with E-state index in [0.717, 1.165) is 21.6 Å². The molecule has 0 aliphatic heterocycles. The lowest BCUT2D eigenvalue weighted by molar-refractivity contribution is -0.119. The molecule has 2 N–H and O–H groups in total. The monoisotopic (exact) mass is 600 g/mol. The molecule has 0 atom stereocenters. The summed E-state index contributed by atoms with van der Waals surface area (Å²) >= 11 is 2.64. The molecule has 2 heterocycles. The molecule has 0 aliphatic carbocycles. The lowest BCUT2D eigenvalue weighted by atomic mass is 9.86. The van der Waals surface area contributed by atoms with E-state index < -0.39 is 0 Å². The maximum atomic E-state index is 12.9. The van der Waals surface area contributed by atoms with Crippen molar-refractivity contribution in [1.29, 1.82) is 0 Å². The standard InChI is InChI=1S/C34H36N2O4S2/c1-21(27-20-41-33(32(27)40)25-11-13-26(14-12-25)34(3,4)5)35-19-29(39)31-17-16-30(42-31)28(38)15-10-23-6-8-24(9-7-23)18-36-22(2)37/h6-9,11-14,16-17,20,40H,10,15,18-19H2,1-5H3,(H,36,37). The Morgan fingerprint density at radius 2 is 1.48 bits per heavy atom. The topological polar surface area (TPSA) is 95.8 Å². The highest BCUT2D eigenvalue weighted by Gasteiger charge is 2.18. The number of aromatic hydroxyl groups is 1. The minimum absolute atomic E-state index is 0.00712. The summed E-state index contributed by atoms with van der Waals surface area (Å²) in [5.74, 6) is -0.0777. The fourth-order valence-electron chi connectivity index (χ4n) is 4.36. The van der Waals surface area contributed by atoms with Gasteiger partial charge in [0, 0.05) is 36.5 Å². The van der Waals surface area contributed by atoms with Crippen molar-refractivity contribution in [2.24, 2.45) is 4.99 Å². The van der Waals surface area contributed by atoms with Crippen molar-refractivity contribution in [3.8, 4) is 16.2 Å². The summed E-state index contributed by atoms with van der Waals surface area (Å²) in [7, 11) is 0. The van der Waals surface area contributed by atoms with E-state index in [-0.39, 0.29) is 35.2 Å². The molecule has 0 fully saturated rings. The van der Waals surface area contributed by atoms with Crippen LogP contribution in [0, 0.1) is 0 Å². The minimum atomic E-state index is -0.166. The van der Waals surface area contributed by atoms with Crippen LogP contribution in [0.15, 0.2) is 71.0 Å². The number of hydrogen-bond donors (Lipinski definition) is 2. The van der Waals surface area contributed by atoms with E-state index in [1.54, 1.807) is 19.1 Å². The molecule has 0 aliphatic rings. The number of nitrogens with zero attached hydrogens (tertiary/aromatic N) is 1. The minimum Gasteiger partial charge on any atom is -0.506 e. The lowest BCUT2D eigenvalue weighted by Gasteiger charge is -2.19. The van der Waals surface area contributed by atoms with Gasteiger partial charge in [-0.3, -0.25) is 19.4 Å². The fourth-order valence-corrected chi connectivity index (χ4v) is 6.27. The molecule has 0 spiro atoms. The van der Waals surface area contributed by atoms with Crippen LogP contribution in [0.1, 0.15) is 82.6 Å². The van der Waals surface area contributed by atoms with E-state index >= 15 is 0 Å². The number of carbonyl (C=O) groups excluding carboxylic acids is 3. The largest absolute Gasteiger partial charge is 0.506 e. The van der Waals surface area contributed by atoms with Gasteiger partial charge < -0.3 is 10.4 Å². The van der Waals surface area contributed by atoms with Crippen LogP contribution >= 0.6 is 22.7 Å². The number of benzene rings is 2. The van der Waals surface area contributed by atoms with Crippen molar-refractivity contribution in [2.45, 2.75) is 59.4 Å². The Morgan fingerprint density at radius 1 is 0.857 bits per heavy atom. The normalized spacial score (nSPS) is 11.9. The Morgan fingerprint density at radius 3 is 2.10 bits per heavy atom. The van der Waals surface area contributed by atoms with Gasteiger partial charge in [-0.25, -0.2) is 0 Å². The molecule has 42 heavy (non-hydrogen) atoms. The predicted octanol–water partition coefficient (Wildman–Crippen LogP) is 7.62. The first-order valence-electron chi connectivity index (χ1n) is 13.8. The first kappa shape index (κ1) is 31.1. The van der Waals surface area contributed by atoms with E-state index in [4.69, 9.17) is 0 Å². The van der Waals surface area contributed by atoms with E-state index in [2.05, 4.69) is 43.2 Å². The number of rotatable bonds is 11. The van der Waals surface area contributed by atoms with Crippen LogP contribution in [0.5, 0.6) is 5.75 Å². The molecule has 0 unspecified atom stereocenters. The number of amides is 1. The maximum Gasteiger partial charge on any atom is 0.217 e. The number of carbonyl (C=O) groups is 3. The number of aryl methyl sites for hydroxylation is 1. The Hall–Kier alpha value is -3.88. The number of hydrogen-bond acceptors (Lipinski definition) is 7. The van der Waals surface area contributed by atoms with Gasteiger partial charge >= 0.3 is 0 Å². The second kappa shape index (κ2) is 13.4. The van der Waals surface area contributed by atoms with Crippen molar-refractivity contribution < 1.29 is 19.5 Å². The van der Waals surface area contributed by atoms with Crippen LogP contribution in [0.25, 0.3) is 10.4 Å². The van der Waals surface area contributed by atoms with Gasteiger partial charge in [0.05, 0.1) is 14.6 Å². The Bertz CT molecular complexity index is 1600. The van der Waals surface area contributed by atoms with E-state index in [0.29, 0.717) is 40.4 Å². The Kier molecular flexibility index (Phi) is 9.91. The molecule has 2 aromatic carbocycles. The van der Waals surface area contributed by atoms with Gasteiger partial charge in [-0.15, -0.1) is 22.7 Å².